The van der Waals surface area contributed by atoms with Crippen LogP contribution < -0.4 is 0 Å². The van der Waals surface area contributed by atoms with Gasteiger partial charge in [-0.2, -0.15) is 0 Å². The van der Waals surface area contributed by atoms with Crippen LogP contribution >= 0.6 is 0 Å². The quantitative estimate of drug-likeness (QED) is 0.354. The lowest BCUT2D eigenvalue weighted by molar-refractivity contribution is 0.212. The van der Waals surface area contributed by atoms with Gasteiger partial charge in [-0.3, -0.25) is 0 Å². The van der Waals surface area contributed by atoms with Crippen LogP contribution in [0.1, 0.15) is 18.6 Å². The molecule has 0 unspecified atom stereocenters. The molecule has 0 fully saturated rings. The van der Waals surface area contributed by atoms with Crippen molar-refractivity contribution in [2.75, 3.05) is 0 Å². The molecule has 1 rings (SSSR count). The first-order chi connectivity index (χ1) is 7.77. The van der Waals surface area contributed by atoms with Crippen molar-refractivity contribution in [1.82, 2.24) is 0 Å². The van der Waals surface area contributed by atoms with E-state index < -0.39 is 49.8 Å². The van der Waals surface area contributed by atoms with Gasteiger partial charge in [0.1, 0.15) is 0 Å². The molecule has 0 amide bonds. The van der Waals surface area contributed by atoms with E-state index >= 15 is 0 Å². The summed E-state index contributed by atoms with van der Waals surface area (Å²) < 4.78 is 70.3. The van der Waals surface area contributed by atoms with Crippen molar-refractivity contribution in [2.45, 2.75) is 26.1 Å². The first kappa shape index (κ1) is 14.1. The highest BCUT2D eigenvalue weighted by Crippen LogP contribution is 2.29. The van der Waals surface area contributed by atoms with Crippen LogP contribution in [0.2, 0.25) is 13.1 Å². The van der Waals surface area contributed by atoms with E-state index in [-0.39, 0.29) is 0 Å². The van der Waals surface area contributed by atoms with Crippen LogP contribution in [-0.2, 0) is 4.43 Å². The second-order valence-electron chi connectivity index (χ2n) is 3.81. The molecule has 0 saturated carbocycles. The van der Waals surface area contributed by atoms with Crippen molar-refractivity contribution in [1.29, 1.82) is 0 Å². The van der Waals surface area contributed by atoms with Gasteiger partial charge < -0.3 is 4.43 Å². The van der Waals surface area contributed by atoms with Gasteiger partial charge >= 0.3 is 0 Å². The summed E-state index contributed by atoms with van der Waals surface area (Å²) in [6.07, 6.45) is -1.16. The summed E-state index contributed by atoms with van der Waals surface area (Å²) >= 11 is 0. The maximum atomic E-state index is 13.3. The molecule has 0 radical (unpaired) electrons. The van der Waals surface area contributed by atoms with Gasteiger partial charge in [0, 0.05) is 0 Å². The van der Waals surface area contributed by atoms with Crippen LogP contribution in [0, 0.1) is 29.1 Å². The lowest BCUT2D eigenvalue weighted by Crippen LogP contribution is -2.16. The van der Waals surface area contributed by atoms with Gasteiger partial charge in [0.15, 0.2) is 32.3 Å². The molecule has 0 aliphatic rings. The summed E-state index contributed by atoms with van der Waals surface area (Å²) in [6.45, 7) is 4.70. The maximum absolute atomic E-state index is 13.3. The van der Waals surface area contributed by atoms with E-state index in [0.717, 1.165) is 0 Å². The lowest BCUT2D eigenvalue weighted by atomic mass is 10.1. The Morgan fingerprint density at radius 1 is 0.824 bits per heavy atom. The molecular formula is C10H11F5OSi. The second kappa shape index (κ2) is 5.13. The molecule has 0 heterocycles. The summed E-state index contributed by atoms with van der Waals surface area (Å²) in [7, 11) is -1.66. The summed E-state index contributed by atoms with van der Waals surface area (Å²) in [6, 6.07) is 0. The zero-order chi connectivity index (χ0) is 13.3. The Balaban J connectivity index is 3.33. The fourth-order valence-electron chi connectivity index (χ4n) is 1.46. The van der Waals surface area contributed by atoms with Crippen molar-refractivity contribution in [3.05, 3.63) is 34.6 Å². The predicted molar refractivity (Wildman–Crippen MR) is 54.6 cm³/mol. The topological polar surface area (TPSA) is 9.23 Å². The molecule has 0 bridgehead atoms. The molecule has 0 saturated heterocycles. The highest BCUT2D eigenvalue weighted by Gasteiger charge is 2.29. The van der Waals surface area contributed by atoms with Crippen LogP contribution in [-0.4, -0.2) is 9.04 Å². The van der Waals surface area contributed by atoms with Gasteiger partial charge in [0.2, 0.25) is 5.82 Å². The number of halogens is 5. The fourth-order valence-corrected chi connectivity index (χ4v) is 2.41. The van der Waals surface area contributed by atoms with Crippen LogP contribution in [0.4, 0.5) is 22.0 Å². The van der Waals surface area contributed by atoms with Crippen molar-refractivity contribution in [2.24, 2.45) is 0 Å². The Bertz CT molecular complexity index is 406. The SMILES string of the molecule is C[C@@H](O[SiH](C)C)c1c(F)c(F)c(F)c(F)c1F. The Morgan fingerprint density at radius 2 is 1.18 bits per heavy atom. The first-order valence-corrected chi connectivity index (χ1v) is 7.72. The Labute approximate surface area is 96.9 Å². The highest BCUT2D eigenvalue weighted by molar-refractivity contribution is 6.48. The van der Waals surface area contributed by atoms with E-state index in [1.807, 2.05) is 0 Å². The van der Waals surface area contributed by atoms with Gasteiger partial charge in [-0.05, 0) is 20.0 Å². The standard InChI is InChI=1S/C10H11F5OSi/c1-4(16-17(2)3)5-6(11)8(13)10(15)9(14)7(5)12/h4,17H,1-3H3/t4-/m1/s1. The normalized spacial score (nSPS) is 13.2. The predicted octanol–water partition coefficient (Wildman–Crippen LogP) is 3.44. The molecule has 17 heavy (non-hydrogen) atoms. The Kier molecular flexibility index (Phi) is 4.26. The third kappa shape index (κ3) is 2.66. The molecule has 96 valence electrons. The summed E-state index contributed by atoms with van der Waals surface area (Å²) in [5.41, 5.74) is -0.914. The summed E-state index contributed by atoms with van der Waals surface area (Å²) in [5, 5.41) is 0. The van der Waals surface area contributed by atoms with E-state index in [4.69, 9.17) is 4.43 Å². The van der Waals surface area contributed by atoms with Crippen LogP contribution in [0.5, 0.6) is 0 Å². The van der Waals surface area contributed by atoms with Gasteiger partial charge in [0.25, 0.3) is 0 Å². The Hall–Kier alpha value is -0.953. The van der Waals surface area contributed by atoms with E-state index in [9.17, 15) is 22.0 Å². The second-order valence-corrected chi connectivity index (χ2v) is 6.18. The zero-order valence-electron chi connectivity index (χ0n) is 9.45. The third-order valence-corrected chi connectivity index (χ3v) is 3.08. The first-order valence-electron chi connectivity index (χ1n) is 4.94. The number of benzene rings is 1. The average molecular weight is 270 g/mol. The monoisotopic (exact) mass is 270 g/mol. The van der Waals surface area contributed by atoms with E-state index in [0.29, 0.717) is 0 Å². The summed E-state index contributed by atoms with van der Waals surface area (Å²) in [4.78, 5) is 0. The smallest absolute Gasteiger partial charge is 0.200 e. The van der Waals surface area contributed by atoms with Gasteiger partial charge in [-0.1, -0.05) is 0 Å². The van der Waals surface area contributed by atoms with Crippen molar-refractivity contribution < 1.29 is 26.4 Å². The minimum Gasteiger partial charge on any atom is -0.414 e. The lowest BCUT2D eigenvalue weighted by Gasteiger charge is -2.18. The Morgan fingerprint density at radius 3 is 1.53 bits per heavy atom. The number of hydrogen-bond acceptors (Lipinski definition) is 1. The van der Waals surface area contributed by atoms with Crippen molar-refractivity contribution >= 4 is 9.04 Å². The van der Waals surface area contributed by atoms with E-state index in [2.05, 4.69) is 0 Å². The van der Waals surface area contributed by atoms with Crippen LogP contribution in [0.25, 0.3) is 0 Å². The molecule has 0 N–H and O–H groups in total. The van der Waals surface area contributed by atoms with Crippen molar-refractivity contribution in [3.63, 3.8) is 0 Å². The molecule has 0 spiro atoms. The molecule has 7 heteroatoms. The van der Waals surface area contributed by atoms with E-state index in [1.165, 1.54) is 6.92 Å². The minimum absolute atomic E-state index is 0.914. The maximum Gasteiger partial charge on any atom is 0.200 e. The molecule has 0 aliphatic heterocycles. The summed E-state index contributed by atoms with van der Waals surface area (Å²) in [5.74, 6) is -9.70. The largest absolute Gasteiger partial charge is 0.414 e. The molecule has 1 aromatic carbocycles. The van der Waals surface area contributed by atoms with Crippen LogP contribution in [0.3, 0.4) is 0 Å². The molecule has 1 atom stereocenters. The number of hydrogen-bond donors (Lipinski definition) is 0. The van der Waals surface area contributed by atoms with Gasteiger partial charge in [0.05, 0.1) is 11.7 Å². The zero-order valence-corrected chi connectivity index (χ0v) is 10.6. The molecule has 0 aromatic heterocycles. The van der Waals surface area contributed by atoms with E-state index in [1.54, 1.807) is 13.1 Å². The minimum atomic E-state index is -2.15. The third-order valence-electron chi connectivity index (χ3n) is 2.13. The molecular weight excluding hydrogens is 259 g/mol. The van der Waals surface area contributed by atoms with Gasteiger partial charge in [-0.15, -0.1) is 0 Å². The molecule has 1 aromatic rings. The van der Waals surface area contributed by atoms with Crippen LogP contribution in [0.15, 0.2) is 0 Å². The number of rotatable bonds is 3. The van der Waals surface area contributed by atoms with Gasteiger partial charge in [-0.25, -0.2) is 22.0 Å². The van der Waals surface area contributed by atoms with Crippen molar-refractivity contribution in [3.8, 4) is 0 Å². The average Bonchev–Trinajstić information content (AvgIpc) is 2.23. The molecule has 0 aliphatic carbocycles. The highest BCUT2D eigenvalue weighted by atomic mass is 28.3. The molecule has 1 nitrogen and oxygen atoms in total. The fraction of sp³-hybridized carbons (Fsp3) is 0.400.